The molecule has 1 saturated heterocycles. The Hall–Kier alpha value is -0.610. The number of hydrogen-bond donors (Lipinski definition) is 0. The Morgan fingerprint density at radius 1 is 1.20 bits per heavy atom. The Labute approximate surface area is 129 Å². The van der Waals surface area contributed by atoms with E-state index in [4.69, 9.17) is 0 Å². The highest BCUT2D eigenvalue weighted by molar-refractivity contribution is 8.02. The van der Waals surface area contributed by atoms with Crippen molar-refractivity contribution in [2.75, 3.05) is 16.4 Å². The van der Waals surface area contributed by atoms with Crippen LogP contribution >= 0.6 is 23.5 Å². The van der Waals surface area contributed by atoms with Gasteiger partial charge in [-0.15, -0.1) is 23.5 Å². The average Bonchev–Trinajstić information content (AvgIpc) is 2.78. The van der Waals surface area contributed by atoms with E-state index in [2.05, 4.69) is 36.1 Å². The average molecular weight is 307 g/mol. The molecule has 1 aromatic carbocycles. The third-order valence-electron chi connectivity index (χ3n) is 4.16. The quantitative estimate of drug-likeness (QED) is 0.765. The van der Waals surface area contributed by atoms with E-state index in [0.717, 1.165) is 24.3 Å². The molecule has 1 saturated carbocycles. The van der Waals surface area contributed by atoms with Crippen LogP contribution < -0.4 is 4.90 Å². The molecule has 20 heavy (non-hydrogen) atoms. The molecule has 0 radical (unpaired) electrons. The van der Waals surface area contributed by atoms with Gasteiger partial charge in [-0.25, -0.2) is 0 Å². The second kappa shape index (κ2) is 6.02. The van der Waals surface area contributed by atoms with Crippen LogP contribution in [0.15, 0.2) is 29.2 Å². The fraction of sp³-hybridized carbons (Fsp3) is 0.562. The van der Waals surface area contributed by atoms with E-state index in [0.29, 0.717) is 5.75 Å². The first-order valence-corrected chi connectivity index (χ1v) is 9.42. The lowest BCUT2D eigenvalue weighted by atomic mass is 9.93. The monoisotopic (exact) mass is 307 g/mol. The molecule has 3 rings (SSSR count). The number of nitrogens with zero attached hydrogens (tertiary/aromatic N) is 1. The molecular weight excluding hydrogens is 286 g/mol. The fourth-order valence-corrected chi connectivity index (χ4v) is 5.36. The maximum Gasteiger partial charge on any atom is 0.238 e. The Kier molecular flexibility index (Phi) is 4.32. The summed E-state index contributed by atoms with van der Waals surface area (Å²) in [5.41, 5.74) is 1.09. The van der Waals surface area contributed by atoms with Crippen LogP contribution in [-0.4, -0.2) is 22.3 Å². The van der Waals surface area contributed by atoms with Crippen molar-refractivity contribution in [3.05, 3.63) is 24.3 Å². The van der Waals surface area contributed by atoms with E-state index >= 15 is 0 Å². The Balaban J connectivity index is 1.87. The second-order valence-electron chi connectivity index (χ2n) is 5.45. The van der Waals surface area contributed by atoms with Crippen LogP contribution in [0, 0.1) is 0 Å². The van der Waals surface area contributed by atoms with Crippen LogP contribution in [0.25, 0.3) is 0 Å². The van der Waals surface area contributed by atoms with Crippen LogP contribution in [0.1, 0.15) is 39.0 Å². The molecule has 0 unspecified atom stereocenters. The minimum Gasteiger partial charge on any atom is -0.297 e. The number of rotatable bonds is 3. The van der Waals surface area contributed by atoms with Gasteiger partial charge in [0.05, 0.1) is 10.6 Å². The van der Waals surface area contributed by atoms with Crippen molar-refractivity contribution >= 4 is 35.1 Å². The van der Waals surface area contributed by atoms with Crippen LogP contribution in [0.4, 0.5) is 5.69 Å². The number of benzene rings is 1. The first-order chi connectivity index (χ1) is 9.75. The summed E-state index contributed by atoms with van der Waals surface area (Å²) in [6.45, 7) is 2.16. The summed E-state index contributed by atoms with van der Waals surface area (Å²) in [6.07, 6.45) is 6.11. The van der Waals surface area contributed by atoms with E-state index in [9.17, 15) is 4.79 Å². The van der Waals surface area contributed by atoms with Crippen molar-refractivity contribution in [2.45, 2.75) is 48.8 Å². The summed E-state index contributed by atoms with van der Waals surface area (Å²) in [5, 5.41) is 0. The number of hydrogen-bond acceptors (Lipinski definition) is 3. The second-order valence-corrected chi connectivity index (χ2v) is 8.13. The van der Waals surface area contributed by atoms with Crippen LogP contribution in [-0.2, 0) is 4.79 Å². The van der Waals surface area contributed by atoms with Gasteiger partial charge in [-0.1, -0.05) is 26.2 Å². The minimum absolute atomic E-state index is 0.0503. The Morgan fingerprint density at radius 2 is 1.90 bits per heavy atom. The molecule has 108 valence electrons. The number of anilines is 1. The van der Waals surface area contributed by atoms with Gasteiger partial charge >= 0.3 is 0 Å². The molecule has 0 N–H and O–H groups in total. The summed E-state index contributed by atoms with van der Waals surface area (Å²) >= 11 is 3.71. The molecule has 2 fully saturated rings. The first kappa shape index (κ1) is 14.3. The number of thioether (sulfide) groups is 2. The van der Waals surface area contributed by atoms with Crippen LogP contribution in [0.3, 0.4) is 0 Å². The van der Waals surface area contributed by atoms with E-state index in [-0.39, 0.29) is 10.8 Å². The summed E-state index contributed by atoms with van der Waals surface area (Å²) in [6, 6.07) is 8.54. The standard InChI is InChI=1S/C16H21NOS2/c1-2-19-14-8-6-13(7-9-14)17-15(18)12-20-16(17)10-4-3-5-11-16/h6-9H,2-5,10-12H2,1H3. The van der Waals surface area contributed by atoms with Gasteiger partial charge in [-0.2, -0.15) is 0 Å². The predicted octanol–water partition coefficient (Wildman–Crippen LogP) is 4.54. The largest absolute Gasteiger partial charge is 0.297 e. The molecule has 2 nitrogen and oxygen atoms in total. The smallest absolute Gasteiger partial charge is 0.238 e. The van der Waals surface area contributed by atoms with Gasteiger partial charge in [-0.05, 0) is 42.9 Å². The van der Waals surface area contributed by atoms with Crippen LogP contribution in [0.5, 0.6) is 0 Å². The number of amides is 1. The van der Waals surface area contributed by atoms with E-state index in [1.807, 2.05) is 23.5 Å². The minimum atomic E-state index is 0.0503. The van der Waals surface area contributed by atoms with Crippen molar-refractivity contribution < 1.29 is 4.79 Å². The van der Waals surface area contributed by atoms with Gasteiger partial charge in [0.15, 0.2) is 0 Å². The molecule has 2 aliphatic rings. The van der Waals surface area contributed by atoms with Crippen molar-refractivity contribution in [3.63, 3.8) is 0 Å². The summed E-state index contributed by atoms with van der Waals surface area (Å²) < 4.78 is 0. The molecule has 4 heteroatoms. The van der Waals surface area contributed by atoms with Gasteiger partial charge in [0, 0.05) is 10.6 Å². The van der Waals surface area contributed by atoms with Gasteiger partial charge in [0.25, 0.3) is 0 Å². The Bertz CT molecular complexity index is 480. The molecule has 0 bridgehead atoms. The summed E-state index contributed by atoms with van der Waals surface area (Å²) in [5.74, 6) is 2.01. The molecule has 1 aliphatic carbocycles. The highest BCUT2D eigenvalue weighted by Gasteiger charge is 2.47. The molecule has 0 aromatic heterocycles. The van der Waals surface area contributed by atoms with Gasteiger partial charge < -0.3 is 0 Å². The molecule has 1 spiro atoms. The highest BCUT2D eigenvalue weighted by atomic mass is 32.2. The maximum absolute atomic E-state index is 12.4. The molecular formula is C16H21NOS2. The lowest BCUT2D eigenvalue weighted by Crippen LogP contribution is -2.45. The number of carbonyl (C=O) groups is 1. The SMILES string of the molecule is CCSc1ccc(N2C(=O)CSC23CCCCC3)cc1. The normalized spacial score (nSPS) is 21.6. The van der Waals surface area contributed by atoms with E-state index in [1.54, 1.807) is 0 Å². The molecule has 1 aliphatic heterocycles. The van der Waals surface area contributed by atoms with Gasteiger partial charge in [0.2, 0.25) is 5.91 Å². The third kappa shape index (κ3) is 2.60. The zero-order valence-electron chi connectivity index (χ0n) is 11.9. The van der Waals surface area contributed by atoms with E-state index < -0.39 is 0 Å². The first-order valence-electron chi connectivity index (χ1n) is 7.45. The van der Waals surface area contributed by atoms with E-state index in [1.165, 1.54) is 24.2 Å². The van der Waals surface area contributed by atoms with Crippen LogP contribution in [0.2, 0.25) is 0 Å². The molecule has 1 heterocycles. The zero-order chi connectivity index (χ0) is 14.0. The van der Waals surface area contributed by atoms with Crippen molar-refractivity contribution in [2.24, 2.45) is 0 Å². The zero-order valence-corrected chi connectivity index (χ0v) is 13.6. The van der Waals surface area contributed by atoms with Gasteiger partial charge in [0.1, 0.15) is 0 Å². The predicted molar refractivity (Wildman–Crippen MR) is 88.6 cm³/mol. The van der Waals surface area contributed by atoms with Crippen molar-refractivity contribution in [1.82, 2.24) is 0 Å². The lowest BCUT2D eigenvalue weighted by molar-refractivity contribution is -0.116. The maximum atomic E-state index is 12.4. The Morgan fingerprint density at radius 3 is 2.55 bits per heavy atom. The number of carbonyl (C=O) groups excluding carboxylic acids is 1. The van der Waals surface area contributed by atoms with Crippen molar-refractivity contribution in [1.29, 1.82) is 0 Å². The van der Waals surface area contributed by atoms with Crippen molar-refractivity contribution in [3.8, 4) is 0 Å². The fourth-order valence-electron chi connectivity index (χ4n) is 3.26. The third-order valence-corrected chi connectivity index (χ3v) is 6.58. The van der Waals surface area contributed by atoms with Gasteiger partial charge in [-0.3, -0.25) is 9.69 Å². The summed E-state index contributed by atoms with van der Waals surface area (Å²) in [4.78, 5) is 15.8. The molecule has 0 atom stereocenters. The summed E-state index contributed by atoms with van der Waals surface area (Å²) in [7, 11) is 0. The molecule has 1 aromatic rings. The topological polar surface area (TPSA) is 20.3 Å². The molecule has 1 amide bonds. The highest BCUT2D eigenvalue weighted by Crippen LogP contribution is 2.49. The lowest BCUT2D eigenvalue weighted by Gasteiger charge is -2.40.